The van der Waals surface area contributed by atoms with Crippen LogP contribution in [0.4, 0.5) is 0 Å². The maximum atomic E-state index is 11.7. The van der Waals surface area contributed by atoms with Crippen LogP contribution in [0.5, 0.6) is 5.75 Å². The zero-order valence-electron chi connectivity index (χ0n) is 17.0. The quantitative estimate of drug-likeness (QED) is 0.686. The van der Waals surface area contributed by atoms with Crippen molar-refractivity contribution < 1.29 is 9.90 Å². The van der Waals surface area contributed by atoms with Gasteiger partial charge in [-0.25, -0.2) is 0 Å². The number of nitrogens with two attached hydrogens (primary N) is 1. The Kier molecular flexibility index (Phi) is 6.11. The fraction of sp³-hybridized carbons (Fsp3) is 0.682. The number of aromatic hydroxyl groups is 1. The van der Waals surface area contributed by atoms with E-state index in [4.69, 9.17) is 5.73 Å². The molecule has 2 aliphatic rings. The van der Waals surface area contributed by atoms with Gasteiger partial charge in [-0.2, -0.15) is 0 Å². The molecule has 1 aliphatic heterocycles. The van der Waals surface area contributed by atoms with E-state index in [1.165, 1.54) is 30.5 Å². The second kappa shape index (κ2) is 8.19. The third-order valence-electron chi connectivity index (χ3n) is 7.04. The molecule has 1 unspecified atom stereocenters. The molecule has 5 nitrogen and oxygen atoms in total. The molecule has 1 aromatic rings. The summed E-state index contributed by atoms with van der Waals surface area (Å²) >= 11 is 0. The van der Waals surface area contributed by atoms with Crippen molar-refractivity contribution in [3.63, 3.8) is 0 Å². The first-order valence-electron chi connectivity index (χ1n) is 10.4. The van der Waals surface area contributed by atoms with Crippen molar-refractivity contribution in [1.82, 2.24) is 10.2 Å². The SMILES string of the molecule is Cc1ccc(O)cc1C1(CCNC(=O)CN)CCN(CC2CC2)[C@H](C)[C@@H]1C. The number of aryl methyl sites for hydroxylation is 1. The molecular formula is C22H35N3O2. The van der Waals surface area contributed by atoms with Crippen molar-refractivity contribution in [1.29, 1.82) is 0 Å². The predicted molar refractivity (Wildman–Crippen MR) is 109 cm³/mol. The lowest BCUT2D eigenvalue weighted by Gasteiger charge is -2.52. The number of nitrogens with zero attached hydrogens (tertiary/aromatic N) is 1. The highest BCUT2D eigenvalue weighted by atomic mass is 16.3. The largest absolute Gasteiger partial charge is 0.508 e. The van der Waals surface area contributed by atoms with Crippen LogP contribution in [0.3, 0.4) is 0 Å². The number of rotatable bonds is 7. The van der Waals surface area contributed by atoms with Crippen LogP contribution in [0.25, 0.3) is 0 Å². The highest BCUT2D eigenvalue weighted by molar-refractivity contribution is 5.77. The molecule has 5 heteroatoms. The maximum Gasteiger partial charge on any atom is 0.233 e. The number of hydrogen-bond acceptors (Lipinski definition) is 4. The van der Waals surface area contributed by atoms with E-state index in [-0.39, 0.29) is 17.9 Å². The molecule has 1 saturated heterocycles. The third-order valence-corrected chi connectivity index (χ3v) is 7.04. The summed E-state index contributed by atoms with van der Waals surface area (Å²) in [6.07, 6.45) is 4.67. The average Bonchev–Trinajstić information content (AvgIpc) is 3.47. The molecule has 0 spiro atoms. The van der Waals surface area contributed by atoms with Gasteiger partial charge in [0.25, 0.3) is 0 Å². The van der Waals surface area contributed by atoms with Gasteiger partial charge in [0.2, 0.25) is 5.91 Å². The molecule has 0 bridgehead atoms. The molecule has 150 valence electrons. The zero-order chi connectivity index (χ0) is 19.6. The summed E-state index contributed by atoms with van der Waals surface area (Å²) in [6, 6.07) is 6.20. The molecule has 1 heterocycles. The minimum atomic E-state index is -0.107. The smallest absolute Gasteiger partial charge is 0.233 e. The summed E-state index contributed by atoms with van der Waals surface area (Å²) in [5.41, 5.74) is 7.84. The molecule has 4 N–H and O–H groups in total. The molecule has 0 radical (unpaired) electrons. The van der Waals surface area contributed by atoms with Crippen LogP contribution in [-0.4, -0.2) is 48.1 Å². The predicted octanol–water partition coefficient (Wildman–Crippen LogP) is 2.54. The van der Waals surface area contributed by atoms with Gasteiger partial charge in [-0.3, -0.25) is 4.79 Å². The monoisotopic (exact) mass is 373 g/mol. The highest BCUT2D eigenvalue weighted by Crippen LogP contribution is 2.47. The zero-order valence-corrected chi connectivity index (χ0v) is 17.0. The van der Waals surface area contributed by atoms with Gasteiger partial charge < -0.3 is 21.1 Å². The van der Waals surface area contributed by atoms with E-state index in [1.807, 2.05) is 12.1 Å². The number of hydrogen-bond donors (Lipinski definition) is 3. The van der Waals surface area contributed by atoms with Gasteiger partial charge >= 0.3 is 0 Å². The lowest BCUT2D eigenvalue weighted by Crippen LogP contribution is -2.55. The Labute approximate surface area is 163 Å². The van der Waals surface area contributed by atoms with E-state index in [0.717, 1.165) is 25.3 Å². The summed E-state index contributed by atoms with van der Waals surface area (Å²) in [4.78, 5) is 14.3. The van der Waals surface area contributed by atoms with Crippen LogP contribution in [0.15, 0.2) is 18.2 Å². The first-order valence-corrected chi connectivity index (χ1v) is 10.4. The second-order valence-electron chi connectivity index (χ2n) is 8.68. The topological polar surface area (TPSA) is 78.6 Å². The van der Waals surface area contributed by atoms with Crippen molar-refractivity contribution in [2.24, 2.45) is 17.6 Å². The van der Waals surface area contributed by atoms with Crippen LogP contribution in [0.2, 0.25) is 0 Å². The fourth-order valence-corrected chi connectivity index (χ4v) is 4.95. The third kappa shape index (κ3) is 4.30. The Hall–Kier alpha value is -1.59. The van der Waals surface area contributed by atoms with E-state index in [9.17, 15) is 9.90 Å². The Morgan fingerprint density at radius 3 is 2.78 bits per heavy atom. The van der Waals surface area contributed by atoms with E-state index in [1.54, 1.807) is 6.07 Å². The molecule has 1 amide bonds. The Balaban J connectivity index is 1.87. The lowest BCUT2D eigenvalue weighted by atomic mass is 9.61. The number of piperidine rings is 1. The molecule has 3 rings (SSSR count). The molecule has 1 aromatic carbocycles. The summed E-state index contributed by atoms with van der Waals surface area (Å²) in [5.74, 6) is 1.53. The summed E-state index contributed by atoms with van der Waals surface area (Å²) in [7, 11) is 0. The Morgan fingerprint density at radius 2 is 2.11 bits per heavy atom. The van der Waals surface area contributed by atoms with E-state index >= 15 is 0 Å². The summed E-state index contributed by atoms with van der Waals surface area (Å²) in [5, 5.41) is 13.1. The first-order chi connectivity index (χ1) is 12.9. The standard InChI is InChI=1S/C22H35N3O2/c1-15-4-7-19(26)12-20(15)22(8-10-24-21(27)13-23)9-11-25(14-18-5-6-18)17(3)16(22)2/h4,7,12,16-18,26H,5-6,8-11,13-14,23H2,1-3H3,(H,24,27)/t16-,17+,22?/m0/s1. The van der Waals surface area contributed by atoms with Gasteiger partial charge in [-0.15, -0.1) is 0 Å². The van der Waals surface area contributed by atoms with Crippen molar-refractivity contribution in [3.8, 4) is 5.75 Å². The molecule has 1 aliphatic carbocycles. The molecule has 2 fully saturated rings. The average molecular weight is 374 g/mol. The molecule has 1 saturated carbocycles. The first kappa shape index (κ1) is 20.2. The number of likely N-dealkylation sites (tertiary alicyclic amines) is 1. The molecular weight excluding hydrogens is 338 g/mol. The van der Waals surface area contributed by atoms with E-state index in [2.05, 4.69) is 31.0 Å². The van der Waals surface area contributed by atoms with Crippen molar-refractivity contribution in [2.45, 2.75) is 57.9 Å². The molecule has 27 heavy (non-hydrogen) atoms. The highest BCUT2D eigenvalue weighted by Gasteiger charge is 2.46. The van der Waals surface area contributed by atoms with Gasteiger partial charge in [0, 0.05) is 24.5 Å². The number of carbonyl (C=O) groups is 1. The van der Waals surface area contributed by atoms with Crippen LogP contribution in [0.1, 0.15) is 50.7 Å². The molecule has 0 aromatic heterocycles. The van der Waals surface area contributed by atoms with Crippen molar-refractivity contribution in [2.75, 3.05) is 26.2 Å². The lowest BCUT2D eigenvalue weighted by molar-refractivity contribution is -0.119. The van der Waals surface area contributed by atoms with Gasteiger partial charge in [-0.1, -0.05) is 13.0 Å². The summed E-state index contributed by atoms with van der Waals surface area (Å²) < 4.78 is 0. The van der Waals surface area contributed by atoms with E-state index < -0.39 is 0 Å². The van der Waals surface area contributed by atoms with Gasteiger partial charge in [0.1, 0.15) is 5.75 Å². The normalized spacial score (nSPS) is 28.9. The van der Waals surface area contributed by atoms with Crippen LogP contribution < -0.4 is 11.1 Å². The van der Waals surface area contributed by atoms with Crippen molar-refractivity contribution >= 4 is 5.91 Å². The van der Waals surface area contributed by atoms with E-state index in [0.29, 0.717) is 24.3 Å². The number of nitrogens with one attached hydrogen (secondary N) is 1. The fourth-order valence-electron chi connectivity index (χ4n) is 4.95. The number of carbonyl (C=O) groups excluding carboxylic acids is 1. The van der Waals surface area contributed by atoms with Gasteiger partial charge in [-0.05, 0) is 81.2 Å². The number of phenols is 1. The number of phenolic OH excluding ortho intramolecular Hbond substituents is 1. The second-order valence-corrected chi connectivity index (χ2v) is 8.68. The minimum absolute atomic E-state index is 0.0271. The summed E-state index contributed by atoms with van der Waals surface area (Å²) in [6.45, 7) is 9.75. The Bertz CT molecular complexity index is 674. The van der Waals surface area contributed by atoms with Crippen LogP contribution in [-0.2, 0) is 10.2 Å². The van der Waals surface area contributed by atoms with Crippen LogP contribution in [0, 0.1) is 18.8 Å². The van der Waals surface area contributed by atoms with Crippen LogP contribution >= 0.6 is 0 Å². The molecule has 3 atom stereocenters. The van der Waals surface area contributed by atoms with Gasteiger partial charge in [0.05, 0.1) is 6.54 Å². The maximum absolute atomic E-state index is 11.7. The number of benzene rings is 1. The van der Waals surface area contributed by atoms with Crippen molar-refractivity contribution in [3.05, 3.63) is 29.3 Å². The number of amides is 1. The Morgan fingerprint density at radius 1 is 1.37 bits per heavy atom. The minimum Gasteiger partial charge on any atom is -0.508 e. The van der Waals surface area contributed by atoms with Gasteiger partial charge in [0.15, 0.2) is 0 Å².